The summed E-state index contributed by atoms with van der Waals surface area (Å²) >= 11 is 0. The average Bonchev–Trinajstić information content (AvgIpc) is 2.72. The fourth-order valence-corrected chi connectivity index (χ4v) is 8.11. The first kappa shape index (κ1) is 27.4. The summed E-state index contributed by atoms with van der Waals surface area (Å²) in [6.45, 7) is 14.4. The van der Waals surface area contributed by atoms with Gasteiger partial charge in [0.2, 0.25) is 5.92 Å². The molecule has 0 aromatic carbocycles. The van der Waals surface area contributed by atoms with Gasteiger partial charge in [0.1, 0.15) is 0 Å². The largest absolute Gasteiger partial charge is 0.393 e. The number of aliphatic hydroxyl groups is 1. The summed E-state index contributed by atoms with van der Waals surface area (Å²) in [6.07, 6.45) is 14.8. The van der Waals surface area contributed by atoms with E-state index in [1.807, 2.05) is 0 Å². The van der Waals surface area contributed by atoms with Gasteiger partial charge in [0.05, 0.1) is 6.10 Å². The summed E-state index contributed by atoms with van der Waals surface area (Å²) in [5, 5.41) is 10.6. The molecule has 0 heterocycles. The molecule has 3 fully saturated rings. The van der Waals surface area contributed by atoms with Crippen LogP contribution in [0.2, 0.25) is 0 Å². The van der Waals surface area contributed by atoms with Gasteiger partial charge in [-0.3, -0.25) is 0 Å². The Morgan fingerprint density at radius 3 is 1.94 bits per heavy atom. The maximum Gasteiger partial charge on any atom is 0.248 e. The van der Waals surface area contributed by atoms with E-state index in [2.05, 4.69) is 41.5 Å². The van der Waals surface area contributed by atoms with Crippen LogP contribution >= 0.6 is 0 Å². The van der Waals surface area contributed by atoms with Crippen LogP contribution < -0.4 is 0 Å². The quantitative estimate of drug-likeness (QED) is 0.394. The lowest BCUT2D eigenvalue weighted by molar-refractivity contribution is -0.0644. The minimum atomic E-state index is -2.44. The van der Waals surface area contributed by atoms with E-state index >= 15 is 0 Å². The van der Waals surface area contributed by atoms with Crippen LogP contribution in [-0.4, -0.2) is 17.1 Å². The molecule has 3 rings (SSSR count). The predicted molar refractivity (Wildman–Crippen MR) is 136 cm³/mol. The van der Waals surface area contributed by atoms with Crippen LogP contribution in [0.15, 0.2) is 0 Å². The van der Waals surface area contributed by atoms with Crippen molar-refractivity contribution >= 4 is 0 Å². The number of hydrogen-bond acceptors (Lipinski definition) is 1. The maximum absolute atomic E-state index is 13.8. The van der Waals surface area contributed by atoms with Gasteiger partial charge in [0.25, 0.3) is 0 Å². The molecular formula is C30H54F2O. The minimum Gasteiger partial charge on any atom is -0.393 e. The highest BCUT2D eigenvalue weighted by Gasteiger charge is 2.45. The Morgan fingerprint density at radius 2 is 1.36 bits per heavy atom. The molecule has 3 saturated carbocycles. The molecule has 0 bridgehead atoms. The Balaban J connectivity index is 1.74. The number of rotatable bonds is 7. The first-order valence-electron chi connectivity index (χ1n) is 14.3. The molecule has 0 amide bonds. The molecule has 3 aliphatic rings. The summed E-state index contributed by atoms with van der Waals surface area (Å²) < 4.78 is 27.6. The molecule has 0 spiro atoms. The molecule has 3 heteroatoms. The SMILES string of the molecule is CC(C)(C)C1CCC(O)CC1CC(C)(CCC(C)(C)C1CCC(F)(F)CC1)C1CCCCC1. The fraction of sp³-hybridized carbons (Fsp3) is 1.00. The van der Waals surface area contributed by atoms with Gasteiger partial charge in [-0.05, 0) is 104 Å². The van der Waals surface area contributed by atoms with E-state index in [0.717, 1.165) is 31.6 Å². The third kappa shape index (κ3) is 7.17. The highest BCUT2D eigenvalue weighted by molar-refractivity contribution is 4.95. The third-order valence-electron chi connectivity index (χ3n) is 10.5. The van der Waals surface area contributed by atoms with E-state index < -0.39 is 5.92 Å². The summed E-state index contributed by atoms with van der Waals surface area (Å²) in [5.74, 6) is 0.0334. The van der Waals surface area contributed by atoms with Gasteiger partial charge in [-0.25, -0.2) is 8.78 Å². The topological polar surface area (TPSA) is 20.2 Å². The Kier molecular flexibility index (Phi) is 8.67. The Bertz CT molecular complexity index is 605. The Morgan fingerprint density at radius 1 is 0.758 bits per heavy atom. The van der Waals surface area contributed by atoms with Crippen LogP contribution in [-0.2, 0) is 0 Å². The second-order valence-electron chi connectivity index (χ2n) is 14.5. The van der Waals surface area contributed by atoms with E-state index in [1.54, 1.807) is 0 Å². The molecule has 194 valence electrons. The zero-order valence-electron chi connectivity index (χ0n) is 22.7. The molecule has 4 atom stereocenters. The minimum absolute atomic E-state index is 0.0776. The van der Waals surface area contributed by atoms with Crippen molar-refractivity contribution in [1.29, 1.82) is 0 Å². The highest BCUT2D eigenvalue weighted by Crippen LogP contribution is 2.54. The summed E-state index contributed by atoms with van der Waals surface area (Å²) in [7, 11) is 0. The molecule has 1 nitrogen and oxygen atoms in total. The van der Waals surface area contributed by atoms with Gasteiger partial charge in [-0.15, -0.1) is 0 Å². The lowest BCUT2D eigenvalue weighted by atomic mass is 9.56. The van der Waals surface area contributed by atoms with Crippen LogP contribution in [0.1, 0.15) is 138 Å². The van der Waals surface area contributed by atoms with Crippen LogP contribution in [0.25, 0.3) is 0 Å². The van der Waals surface area contributed by atoms with Crippen LogP contribution in [0.5, 0.6) is 0 Å². The van der Waals surface area contributed by atoms with Crippen molar-refractivity contribution in [3.8, 4) is 0 Å². The van der Waals surface area contributed by atoms with E-state index in [-0.39, 0.29) is 29.8 Å². The first-order chi connectivity index (χ1) is 15.2. The lowest BCUT2D eigenvalue weighted by Crippen LogP contribution is -2.41. The predicted octanol–water partition coefficient (Wildman–Crippen LogP) is 9.42. The van der Waals surface area contributed by atoms with E-state index in [1.165, 1.54) is 44.9 Å². The van der Waals surface area contributed by atoms with Crippen LogP contribution in [0.3, 0.4) is 0 Å². The molecule has 0 aliphatic heterocycles. The summed E-state index contributed by atoms with van der Waals surface area (Å²) in [5.41, 5.74) is 0.703. The van der Waals surface area contributed by atoms with Crippen LogP contribution in [0.4, 0.5) is 8.78 Å². The normalized spacial score (nSPS) is 32.5. The number of aliphatic hydroxyl groups excluding tert-OH is 1. The molecule has 33 heavy (non-hydrogen) atoms. The van der Waals surface area contributed by atoms with Gasteiger partial charge >= 0.3 is 0 Å². The third-order valence-corrected chi connectivity index (χ3v) is 10.5. The number of halogens is 2. The zero-order chi connectivity index (χ0) is 24.5. The number of hydrogen-bond donors (Lipinski definition) is 1. The molecule has 0 saturated heterocycles. The molecule has 1 N–H and O–H groups in total. The second-order valence-corrected chi connectivity index (χ2v) is 14.5. The Hall–Kier alpha value is -0.180. The van der Waals surface area contributed by atoms with Gasteiger partial charge in [-0.1, -0.05) is 60.8 Å². The second kappa shape index (κ2) is 10.4. The van der Waals surface area contributed by atoms with Crippen LogP contribution in [0, 0.1) is 39.9 Å². The Labute approximate surface area is 203 Å². The molecule has 4 unspecified atom stereocenters. The summed E-state index contributed by atoms with van der Waals surface area (Å²) in [4.78, 5) is 0. The van der Waals surface area contributed by atoms with Crippen molar-refractivity contribution in [1.82, 2.24) is 0 Å². The van der Waals surface area contributed by atoms with Gasteiger partial charge in [0.15, 0.2) is 0 Å². The van der Waals surface area contributed by atoms with Gasteiger partial charge < -0.3 is 5.11 Å². The fourth-order valence-electron chi connectivity index (χ4n) is 8.11. The lowest BCUT2D eigenvalue weighted by Gasteiger charge is -2.50. The van der Waals surface area contributed by atoms with Crippen molar-refractivity contribution in [2.75, 3.05) is 0 Å². The molecule has 0 radical (unpaired) electrons. The molecule has 0 aromatic rings. The first-order valence-corrected chi connectivity index (χ1v) is 14.3. The average molecular weight is 469 g/mol. The van der Waals surface area contributed by atoms with Crippen molar-refractivity contribution in [2.24, 2.45) is 39.9 Å². The molecular weight excluding hydrogens is 414 g/mol. The van der Waals surface area contributed by atoms with Gasteiger partial charge in [0, 0.05) is 12.8 Å². The number of alkyl halides is 2. The summed E-state index contributed by atoms with van der Waals surface area (Å²) in [6, 6.07) is 0. The van der Waals surface area contributed by atoms with Gasteiger partial charge in [-0.2, -0.15) is 0 Å². The standard InChI is InChI=1S/C30H54F2O/c1-27(2,3)26-13-12-25(33)20-22(26)21-29(6,24-10-8-7-9-11-24)19-18-28(4,5)23-14-16-30(31,32)17-15-23/h22-26,33H,7-21H2,1-6H3. The van der Waals surface area contributed by atoms with Crippen molar-refractivity contribution in [3.05, 3.63) is 0 Å². The highest BCUT2D eigenvalue weighted by atomic mass is 19.3. The molecule has 0 aromatic heterocycles. The van der Waals surface area contributed by atoms with Crippen molar-refractivity contribution < 1.29 is 13.9 Å². The monoisotopic (exact) mass is 468 g/mol. The molecule has 3 aliphatic carbocycles. The smallest absolute Gasteiger partial charge is 0.248 e. The van der Waals surface area contributed by atoms with Crippen molar-refractivity contribution in [3.63, 3.8) is 0 Å². The maximum atomic E-state index is 13.8. The van der Waals surface area contributed by atoms with Crippen molar-refractivity contribution in [2.45, 2.75) is 150 Å². The zero-order valence-corrected chi connectivity index (χ0v) is 22.7. The van der Waals surface area contributed by atoms with E-state index in [0.29, 0.717) is 36.0 Å². The van der Waals surface area contributed by atoms with E-state index in [9.17, 15) is 13.9 Å². The van der Waals surface area contributed by atoms with E-state index in [4.69, 9.17) is 0 Å².